The van der Waals surface area contributed by atoms with Crippen LogP contribution in [0.1, 0.15) is 0 Å². The van der Waals surface area contributed by atoms with E-state index >= 15 is 0 Å². The molecule has 0 amide bonds. The number of hydrogen-bond donors (Lipinski definition) is 0. The van der Waals surface area contributed by atoms with E-state index in [-0.39, 0.29) is 0 Å². The molecule has 0 atom stereocenters. The van der Waals surface area contributed by atoms with Gasteiger partial charge in [0.1, 0.15) is 0 Å². The van der Waals surface area contributed by atoms with Crippen LogP contribution in [0, 0.1) is 0 Å². The van der Waals surface area contributed by atoms with Gasteiger partial charge >= 0.3 is 0 Å². The summed E-state index contributed by atoms with van der Waals surface area (Å²) in [5, 5.41) is 5.03. The Kier molecular flexibility index (Phi) is 8.04. The Balaban J connectivity index is 1.14. The first-order chi connectivity index (χ1) is 28.3. The zero-order chi connectivity index (χ0) is 37.7. The van der Waals surface area contributed by atoms with Crippen molar-refractivity contribution in [2.75, 3.05) is 4.90 Å². The Labute approximate surface area is 335 Å². The summed E-state index contributed by atoms with van der Waals surface area (Å²) in [6.45, 7) is 0. The number of thiophene rings is 1. The lowest BCUT2D eigenvalue weighted by Gasteiger charge is -2.29. The summed E-state index contributed by atoms with van der Waals surface area (Å²) in [4.78, 5) is 2.47. The summed E-state index contributed by atoms with van der Waals surface area (Å²) >= 11 is 1.88. The highest BCUT2D eigenvalue weighted by Crippen LogP contribution is 2.49. The fourth-order valence-electron chi connectivity index (χ4n) is 8.72. The fourth-order valence-corrected chi connectivity index (χ4v) is 9.95. The van der Waals surface area contributed by atoms with Gasteiger partial charge in [-0.25, -0.2) is 0 Å². The van der Waals surface area contributed by atoms with Crippen molar-refractivity contribution in [2.45, 2.75) is 0 Å². The van der Waals surface area contributed by atoms with Gasteiger partial charge in [0, 0.05) is 53.4 Å². The molecule has 0 aliphatic carbocycles. The van der Waals surface area contributed by atoms with Crippen LogP contribution in [0.5, 0.6) is 0 Å². The third kappa shape index (κ3) is 5.55. The van der Waals surface area contributed by atoms with E-state index in [2.05, 4.69) is 228 Å². The molecule has 268 valence electrons. The van der Waals surface area contributed by atoms with Crippen LogP contribution in [0.2, 0.25) is 0 Å². The molecule has 2 nitrogen and oxygen atoms in total. The van der Waals surface area contributed by atoms with E-state index < -0.39 is 0 Å². The van der Waals surface area contributed by atoms with Gasteiger partial charge in [-0.3, -0.25) is 0 Å². The molecular weight excluding hydrogens is 709 g/mol. The Morgan fingerprint density at radius 2 is 0.930 bits per heavy atom. The molecule has 0 saturated carbocycles. The average Bonchev–Trinajstić information content (AvgIpc) is 3.84. The summed E-state index contributed by atoms with van der Waals surface area (Å²) in [5.41, 5.74) is 14.1. The van der Waals surface area contributed by atoms with Gasteiger partial charge in [0.15, 0.2) is 0 Å². The van der Waals surface area contributed by atoms with Gasteiger partial charge in [0.25, 0.3) is 0 Å². The summed E-state index contributed by atoms with van der Waals surface area (Å²) in [6.07, 6.45) is 0. The first-order valence-corrected chi connectivity index (χ1v) is 20.3. The molecule has 9 aromatic carbocycles. The molecule has 0 N–H and O–H groups in total. The van der Waals surface area contributed by atoms with Crippen LogP contribution in [0.4, 0.5) is 17.1 Å². The second kappa shape index (κ2) is 13.8. The highest BCUT2D eigenvalue weighted by molar-refractivity contribution is 7.26. The molecule has 57 heavy (non-hydrogen) atoms. The van der Waals surface area contributed by atoms with E-state index in [1.807, 2.05) is 11.3 Å². The zero-order valence-electron chi connectivity index (χ0n) is 31.1. The lowest BCUT2D eigenvalue weighted by Crippen LogP contribution is -2.11. The molecule has 0 radical (unpaired) electrons. The van der Waals surface area contributed by atoms with Crippen LogP contribution in [0.3, 0.4) is 0 Å². The normalized spacial score (nSPS) is 11.5. The van der Waals surface area contributed by atoms with Crippen molar-refractivity contribution in [3.05, 3.63) is 218 Å². The molecule has 0 spiro atoms. The van der Waals surface area contributed by atoms with Crippen molar-refractivity contribution in [1.82, 2.24) is 4.57 Å². The number of anilines is 3. The van der Waals surface area contributed by atoms with Crippen molar-refractivity contribution < 1.29 is 0 Å². The minimum absolute atomic E-state index is 1.11. The quantitative estimate of drug-likeness (QED) is 0.158. The second-order valence-electron chi connectivity index (χ2n) is 14.5. The maximum atomic E-state index is 2.47. The topological polar surface area (TPSA) is 8.17 Å². The number of aromatic nitrogens is 1. The molecular formula is C54H36N2S. The molecule has 2 aromatic heterocycles. The number of para-hydroxylation sites is 3. The van der Waals surface area contributed by atoms with Crippen LogP contribution in [-0.4, -0.2) is 4.57 Å². The van der Waals surface area contributed by atoms with Gasteiger partial charge in [-0.05, 0) is 76.9 Å². The van der Waals surface area contributed by atoms with Crippen molar-refractivity contribution in [3.8, 4) is 39.1 Å². The summed E-state index contributed by atoms with van der Waals surface area (Å²) in [6, 6.07) is 79.3. The number of nitrogens with zero attached hydrogens (tertiary/aromatic N) is 2. The minimum Gasteiger partial charge on any atom is -0.309 e. The predicted molar refractivity (Wildman–Crippen MR) is 245 cm³/mol. The van der Waals surface area contributed by atoms with Crippen molar-refractivity contribution >= 4 is 70.4 Å². The molecule has 0 bridgehead atoms. The first-order valence-electron chi connectivity index (χ1n) is 19.4. The van der Waals surface area contributed by atoms with Gasteiger partial charge in [-0.2, -0.15) is 0 Å². The second-order valence-corrected chi connectivity index (χ2v) is 15.5. The highest BCUT2D eigenvalue weighted by Gasteiger charge is 2.24. The number of fused-ring (bicyclic) bond motifs is 6. The number of rotatable bonds is 7. The van der Waals surface area contributed by atoms with Gasteiger partial charge in [0.05, 0.1) is 22.4 Å². The van der Waals surface area contributed by atoms with E-state index in [0.717, 1.165) is 28.3 Å². The largest absolute Gasteiger partial charge is 0.309 e. The standard InChI is InChI=1S/C54H36N2S/c1-3-18-37(19-4-1)41-24-7-8-25-42(41)38-20-15-23-40(36-38)56-49-32-13-10-28-47(49)53-50(33-17-34-51(53)56)55(39-21-5-2-6-22-39)48-31-12-9-26-43(48)45-29-16-30-46-44-27-11-14-35-52(44)57-54(45)46/h1-36H. The zero-order valence-corrected chi connectivity index (χ0v) is 31.9. The Hall–Kier alpha value is -7.20. The summed E-state index contributed by atoms with van der Waals surface area (Å²) in [7, 11) is 0. The molecule has 0 aliphatic heterocycles. The lowest BCUT2D eigenvalue weighted by atomic mass is 9.94. The van der Waals surface area contributed by atoms with Crippen LogP contribution >= 0.6 is 11.3 Å². The van der Waals surface area contributed by atoms with E-state index in [1.165, 1.54) is 69.8 Å². The van der Waals surface area contributed by atoms with Crippen molar-refractivity contribution in [2.24, 2.45) is 0 Å². The molecule has 0 unspecified atom stereocenters. The van der Waals surface area contributed by atoms with E-state index in [0.29, 0.717) is 0 Å². The van der Waals surface area contributed by atoms with E-state index in [4.69, 9.17) is 0 Å². The molecule has 2 heterocycles. The van der Waals surface area contributed by atoms with Gasteiger partial charge in [-0.15, -0.1) is 11.3 Å². The molecule has 11 aromatic rings. The third-order valence-corrected chi connectivity index (χ3v) is 12.4. The van der Waals surface area contributed by atoms with Gasteiger partial charge < -0.3 is 9.47 Å². The first kappa shape index (κ1) is 33.2. The maximum absolute atomic E-state index is 2.47. The Morgan fingerprint density at radius 3 is 1.77 bits per heavy atom. The lowest BCUT2D eigenvalue weighted by molar-refractivity contribution is 1.18. The number of hydrogen-bond acceptors (Lipinski definition) is 2. The summed E-state index contributed by atoms with van der Waals surface area (Å²) < 4.78 is 5.06. The van der Waals surface area contributed by atoms with E-state index in [1.54, 1.807) is 0 Å². The Morgan fingerprint density at radius 1 is 0.368 bits per heavy atom. The molecule has 3 heteroatoms. The highest BCUT2D eigenvalue weighted by atomic mass is 32.1. The fraction of sp³-hybridized carbons (Fsp3) is 0. The van der Waals surface area contributed by atoms with Gasteiger partial charge in [-0.1, -0.05) is 164 Å². The SMILES string of the molecule is c1ccc(-c2ccccc2-c2cccc(-n3c4ccccc4c4c(N(c5ccccc5)c5ccccc5-c5cccc6c5sc5ccccc56)cccc43)c2)cc1. The predicted octanol–water partition coefficient (Wildman–Crippen LogP) is 15.6. The molecule has 0 fully saturated rings. The van der Waals surface area contributed by atoms with Crippen LogP contribution in [0.25, 0.3) is 81.0 Å². The van der Waals surface area contributed by atoms with E-state index in [9.17, 15) is 0 Å². The van der Waals surface area contributed by atoms with Crippen LogP contribution in [-0.2, 0) is 0 Å². The minimum atomic E-state index is 1.11. The molecule has 0 saturated heterocycles. The van der Waals surface area contributed by atoms with Crippen molar-refractivity contribution in [3.63, 3.8) is 0 Å². The monoisotopic (exact) mass is 744 g/mol. The third-order valence-electron chi connectivity index (χ3n) is 11.2. The smallest absolute Gasteiger partial charge is 0.0562 e. The molecule has 11 rings (SSSR count). The van der Waals surface area contributed by atoms with Crippen molar-refractivity contribution in [1.29, 1.82) is 0 Å². The van der Waals surface area contributed by atoms with Crippen LogP contribution < -0.4 is 4.90 Å². The Bertz CT molecular complexity index is 3250. The maximum Gasteiger partial charge on any atom is 0.0562 e. The number of benzene rings is 9. The average molecular weight is 745 g/mol. The van der Waals surface area contributed by atoms with Gasteiger partial charge in [0.2, 0.25) is 0 Å². The van der Waals surface area contributed by atoms with Crippen LogP contribution in [0.15, 0.2) is 218 Å². The summed E-state index contributed by atoms with van der Waals surface area (Å²) in [5.74, 6) is 0. The molecule has 0 aliphatic rings.